The molecule has 0 unspecified atom stereocenters. The molecule has 0 saturated heterocycles. The fourth-order valence-electron chi connectivity index (χ4n) is 3.81. The Kier molecular flexibility index (Phi) is 6.37. The first-order valence-corrected chi connectivity index (χ1v) is 10.3. The van der Waals surface area contributed by atoms with E-state index in [1.54, 1.807) is 29.9 Å². The van der Waals surface area contributed by atoms with Gasteiger partial charge in [-0.2, -0.15) is 18.3 Å². The summed E-state index contributed by atoms with van der Waals surface area (Å²) >= 11 is 0. The van der Waals surface area contributed by atoms with Gasteiger partial charge in [0.1, 0.15) is 5.82 Å². The maximum atomic E-state index is 13.8. The number of ether oxygens (including phenoxy) is 1. The molecule has 1 N–H and O–H groups in total. The lowest BCUT2D eigenvalue weighted by atomic mass is 10.1. The summed E-state index contributed by atoms with van der Waals surface area (Å²) in [6.07, 6.45) is -3.95. The summed E-state index contributed by atoms with van der Waals surface area (Å²) in [4.78, 5) is 14.2. The molecule has 2 heterocycles. The maximum absolute atomic E-state index is 13.8. The van der Waals surface area contributed by atoms with Crippen molar-refractivity contribution in [2.45, 2.75) is 32.4 Å². The third-order valence-corrected chi connectivity index (χ3v) is 5.51. The zero-order valence-electron chi connectivity index (χ0n) is 17.8. The standard InChI is InChI=1S/C23H22F4N4O2/c1-30-21-9-10-31(22(32)28-17-7-4-6-16(11-17)23(25,26)27)12-18(21)20(29-30)14-33-13-15-5-2-3-8-19(15)24/h2-8,11H,9-10,12-14H2,1H3,(H,28,32). The first-order valence-electron chi connectivity index (χ1n) is 10.3. The van der Waals surface area contributed by atoms with Crippen LogP contribution >= 0.6 is 0 Å². The van der Waals surface area contributed by atoms with E-state index < -0.39 is 17.8 Å². The van der Waals surface area contributed by atoms with Crippen molar-refractivity contribution in [1.82, 2.24) is 14.7 Å². The topological polar surface area (TPSA) is 59.4 Å². The molecular weight excluding hydrogens is 440 g/mol. The number of fused-ring (bicyclic) bond motifs is 1. The number of amides is 2. The van der Waals surface area contributed by atoms with E-state index in [0.29, 0.717) is 24.2 Å². The number of nitrogens with one attached hydrogen (secondary N) is 1. The number of benzene rings is 2. The number of urea groups is 1. The Morgan fingerprint density at radius 3 is 2.70 bits per heavy atom. The molecule has 0 atom stereocenters. The Balaban J connectivity index is 1.42. The number of alkyl halides is 3. The maximum Gasteiger partial charge on any atom is 0.416 e. The first-order chi connectivity index (χ1) is 15.7. The summed E-state index contributed by atoms with van der Waals surface area (Å²) in [6, 6.07) is 10.4. The van der Waals surface area contributed by atoms with E-state index in [9.17, 15) is 22.4 Å². The second kappa shape index (κ2) is 9.22. The van der Waals surface area contributed by atoms with E-state index in [2.05, 4.69) is 10.4 Å². The number of aryl methyl sites for hydroxylation is 1. The van der Waals surface area contributed by atoms with Gasteiger partial charge in [-0.15, -0.1) is 0 Å². The van der Waals surface area contributed by atoms with E-state index >= 15 is 0 Å². The summed E-state index contributed by atoms with van der Waals surface area (Å²) in [5, 5.41) is 7.02. The lowest BCUT2D eigenvalue weighted by Gasteiger charge is -2.28. The first kappa shape index (κ1) is 22.8. The number of aromatic nitrogens is 2. The highest BCUT2D eigenvalue weighted by atomic mass is 19.4. The molecule has 2 aromatic carbocycles. The van der Waals surface area contributed by atoms with Crippen molar-refractivity contribution in [3.8, 4) is 0 Å². The molecule has 0 bridgehead atoms. The molecule has 0 spiro atoms. The van der Waals surface area contributed by atoms with Crippen molar-refractivity contribution in [1.29, 1.82) is 0 Å². The number of halogens is 4. The van der Waals surface area contributed by atoms with Crippen molar-refractivity contribution in [3.05, 3.63) is 82.4 Å². The smallest absolute Gasteiger partial charge is 0.370 e. The van der Waals surface area contributed by atoms with Crippen molar-refractivity contribution in [2.24, 2.45) is 7.05 Å². The largest absolute Gasteiger partial charge is 0.416 e. The minimum atomic E-state index is -4.49. The number of hydrogen-bond donors (Lipinski definition) is 1. The number of anilines is 1. The molecule has 2 amide bonds. The monoisotopic (exact) mass is 462 g/mol. The number of nitrogens with zero attached hydrogens (tertiary/aromatic N) is 3. The predicted molar refractivity (Wildman–Crippen MR) is 113 cm³/mol. The lowest BCUT2D eigenvalue weighted by molar-refractivity contribution is -0.137. The molecular formula is C23H22F4N4O2. The molecule has 33 heavy (non-hydrogen) atoms. The third-order valence-electron chi connectivity index (χ3n) is 5.51. The SMILES string of the molecule is Cn1nc(COCc2ccccc2F)c2c1CCN(C(=O)Nc1cccc(C(F)(F)F)c1)C2. The summed E-state index contributed by atoms with van der Waals surface area (Å²) in [5.41, 5.74) is 2.10. The fourth-order valence-corrected chi connectivity index (χ4v) is 3.81. The number of rotatable bonds is 5. The summed E-state index contributed by atoms with van der Waals surface area (Å²) in [7, 11) is 1.80. The zero-order valence-corrected chi connectivity index (χ0v) is 17.8. The highest BCUT2D eigenvalue weighted by Crippen LogP contribution is 2.31. The van der Waals surface area contributed by atoms with Gasteiger partial charge in [0.25, 0.3) is 0 Å². The Labute approximate surface area is 187 Å². The van der Waals surface area contributed by atoms with Gasteiger partial charge < -0.3 is 15.0 Å². The van der Waals surface area contributed by atoms with Crippen molar-refractivity contribution >= 4 is 11.7 Å². The lowest BCUT2D eigenvalue weighted by Crippen LogP contribution is -2.39. The van der Waals surface area contributed by atoms with E-state index in [1.807, 2.05) is 0 Å². The molecule has 0 saturated carbocycles. The van der Waals surface area contributed by atoms with Gasteiger partial charge in [0, 0.05) is 42.5 Å². The number of carbonyl (C=O) groups excluding carboxylic acids is 1. The molecule has 6 nitrogen and oxygen atoms in total. The fraction of sp³-hybridized carbons (Fsp3) is 0.304. The molecule has 0 radical (unpaired) electrons. The minimum absolute atomic E-state index is 0.0697. The van der Waals surface area contributed by atoms with E-state index in [0.717, 1.165) is 23.4 Å². The number of carbonyl (C=O) groups is 1. The predicted octanol–water partition coefficient (Wildman–Crippen LogP) is 4.89. The quantitative estimate of drug-likeness (QED) is 0.550. The van der Waals surface area contributed by atoms with Gasteiger partial charge in [-0.05, 0) is 24.3 Å². The van der Waals surface area contributed by atoms with Crippen LogP contribution in [0.25, 0.3) is 0 Å². The van der Waals surface area contributed by atoms with Crippen LogP contribution in [0.15, 0.2) is 48.5 Å². The van der Waals surface area contributed by atoms with Crippen molar-refractivity contribution < 1.29 is 27.1 Å². The summed E-state index contributed by atoms with van der Waals surface area (Å²) < 4.78 is 60.0. The Hall–Kier alpha value is -3.40. The van der Waals surface area contributed by atoms with Crippen molar-refractivity contribution in [3.63, 3.8) is 0 Å². The van der Waals surface area contributed by atoms with Crippen LogP contribution in [0.1, 0.15) is 28.1 Å². The van der Waals surface area contributed by atoms with Crippen LogP contribution in [0.2, 0.25) is 0 Å². The molecule has 174 valence electrons. The molecule has 0 fully saturated rings. The molecule has 1 aliphatic heterocycles. The van der Waals surface area contributed by atoms with E-state index in [1.165, 1.54) is 23.1 Å². The highest BCUT2D eigenvalue weighted by Gasteiger charge is 2.31. The van der Waals surface area contributed by atoms with Crippen LogP contribution in [-0.2, 0) is 44.1 Å². The van der Waals surface area contributed by atoms with Crippen LogP contribution in [0.4, 0.5) is 28.0 Å². The molecule has 4 rings (SSSR count). The molecule has 0 aliphatic carbocycles. The Bertz CT molecular complexity index is 1160. The second-order valence-electron chi connectivity index (χ2n) is 7.76. The van der Waals surface area contributed by atoms with E-state index in [4.69, 9.17) is 4.74 Å². The zero-order chi connectivity index (χ0) is 23.6. The third kappa shape index (κ3) is 5.16. The summed E-state index contributed by atoms with van der Waals surface area (Å²) in [5.74, 6) is -0.349. The van der Waals surface area contributed by atoms with Gasteiger partial charge in [0.2, 0.25) is 0 Å². The van der Waals surface area contributed by atoms with Crippen LogP contribution in [0, 0.1) is 5.82 Å². The van der Waals surface area contributed by atoms with Crippen LogP contribution in [-0.4, -0.2) is 27.3 Å². The number of hydrogen-bond acceptors (Lipinski definition) is 3. The minimum Gasteiger partial charge on any atom is -0.370 e. The van der Waals surface area contributed by atoms with Gasteiger partial charge in [0.05, 0.1) is 31.0 Å². The van der Waals surface area contributed by atoms with E-state index in [-0.39, 0.29) is 31.3 Å². The molecule has 10 heteroatoms. The Morgan fingerprint density at radius 2 is 1.94 bits per heavy atom. The second-order valence-corrected chi connectivity index (χ2v) is 7.76. The summed E-state index contributed by atoms with van der Waals surface area (Å²) in [6.45, 7) is 0.859. The molecule has 1 aromatic heterocycles. The van der Waals surface area contributed by atoms with Gasteiger partial charge >= 0.3 is 12.2 Å². The van der Waals surface area contributed by atoms with Gasteiger partial charge in [-0.25, -0.2) is 9.18 Å². The van der Waals surface area contributed by atoms with Gasteiger partial charge in [-0.1, -0.05) is 24.3 Å². The highest BCUT2D eigenvalue weighted by molar-refractivity contribution is 5.89. The van der Waals surface area contributed by atoms with Gasteiger partial charge in [0.15, 0.2) is 0 Å². The van der Waals surface area contributed by atoms with Crippen LogP contribution in [0.5, 0.6) is 0 Å². The normalized spacial score (nSPS) is 13.7. The average molecular weight is 462 g/mol. The molecule has 1 aliphatic rings. The molecule has 3 aromatic rings. The average Bonchev–Trinajstić information content (AvgIpc) is 3.09. The van der Waals surface area contributed by atoms with Crippen molar-refractivity contribution in [2.75, 3.05) is 11.9 Å². The van der Waals surface area contributed by atoms with Crippen LogP contribution < -0.4 is 5.32 Å². The van der Waals surface area contributed by atoms with Gasteiger partial charge in [-0.3, -0.25) is 4.68 Å². The Morgan fingerprint density at radius 1 is 1.15 bits per heavy atom. The van der Waals surface area contributed by atoms with Crippen LogP contribution in [0.3, 0.4) is 0 Å².